The first-order chi connectivity index (χ1) is 9.46. The quantitative estimate of drug-likeness (QED) is 0.820. The Hall–Kier alpha value is -1.45. The summed E-state index contributed by atoms with van der Waals surface area (Å²) in [4.78, 5) is 11.6. The molecule has 0 radical (unpaired) electrons. The van der Waals surface area contributed by atoms with Crippen molar-refractivity contribution in [2.45, 2.75) is 50.9 Å². The van der Waals surface area contributed by atoms with Gasteiger partial charge in [-0.05, 0) is 12.8 Å². The molecule has 0 amide bonds. The molecule has 1 aliphatic rings. The number of carbonyl (C=O) groups is 1. The van der Waals surface area contributed by atoms with E-state index in [4.69, 9.17) is 0 Å². The van der Waals surface area contributed by atoms with Crippen LogP contribution in [0.2, 0.25) is 0 Å². The van der Waals surface area contributed by atoms with Gasteiger partial charge in [-0.2, -0.15) is 0 Å². The summed E-state index contributed by atoms with van der Waals surface area (Å²) in [6, 6.07) is 7.53. The molecular formula is C16H20F2O2. The summed E-state index contributed by atoms with van der Waals surface area (Å²) < 4.78 is 28.8. The summed E-state index contributed by atoms with van der Waals surface area (Å²) >= 11 is 0. The molecule has 0 aliphatic heterocycles. The fraction of sp³-hybridized carbons (Fsp3) is 0.562. The van der Waals surface area contributed by atoms with Crippen molar-refractivity contribution in [3.63, 3.8) is 0 Å². The lowest BCUT2D eigenvalue weighted by molar-refractivity contribution is -0.158. The average molecular weight is 282 g/mol. The zero-order valence-corrected chi connectivity index (χ0v) is 11.4. The predicted molar refractivity (Wildman–Crippen MR) is 72.7 cm³/mol. The van der Waals surface area contributed by atoms with Crippen LogP contribution in [0.5, 0.6) is 0 Å². The Morgan fingerprint density at radius 1 is 1.10 bits per heavy atom. The highest BCUT2D eigenvalue weighted by Crippen LogP contribution is 2.47. The van der Waals surface area contributed by atoms with Crippen LogP contribution in [0.1, 0.15) is 50.5 Å². The third kappa shape index (κ3) is 3.17. The fourth-order valence-electron chi connectivity index (χ4n) is 3.08. The van der Waals surface area contributed by atoms with Gasteiger partial charge in [-0.15, -0.1) is 0 Å². The van der Waals surface area contributed by atoms with Gasteiger partial charge in [0.05, 0.1) is 5.41 Å². The zero-order chi connectivity index (χ0) is 14.6. The number of alkyl halides is 2. The Labute approximate surface area is 117 Å². The van der Waals surface area contributed by atoms with E-state index in [2.05, 4.69) is 0 Å². The standard InChI is InChI=1S/C16H20F2O2/c17-16(18,13-8-4-3-5-9-13)12-15(14(19)20)10-6-1-2-7-11-15/h3-5,8-9H,1-2,6-7,10-12H2,(H,19,20). The van der Waals surface area contributed by atoms with Crippen LogP contribution in [0.25, 0.3) is 0 Å². The SMILES string of the molecule is O=C(O)C1(CC(F)(F)c2ccccc2)CCCCCC1. The minimum Gasteiger partial charge on any atom is -0.481 e. The molecule has 0 aromatic heterocycles. The average Bonchev–Trinajstić information content (AvgIpc) is 2.66. The third-order valence-corrected chi connectivity index (χ3v) is 4.27. The lowest BCUT2D eigenvalue weighted by Gasteiger charge is -2.32. The maximum absolute atomic E-state index is 14.4. The van der Waals surface area contributed by atoms with Crippen LogP contribution in [-0.2, 0) is 10.7 Å². The summed E-state index contributed by atoms with van der Waals surface area (Å²) in [7, 11) is 0. The zero-order valence-electron chi connectivity index (χ0n) is 11.4. The number of rotatable bonds is 4. The maximum atomic E-state index is 14.4. The number of halogens is 2. The number of hydrogen-bond acceptors (Lipinski definition) is 1. The molecule has 1 aromatic rings. The molecule has 1 N–H and O–H groups in total. The second-order valence-electron chi connectivity index (χ2n) is 5.75. The Morgan fingerprint density at radius 3 is 2.15 bits per heavy atom. The highest BCUT2D eigenvalue weighted by molar-refractivity contribution is 5.74. The lowest BCUT2D eigenvalue weighted by Crippen LogP contribution is -2.36. The maximum Gasteiger partial charge on any atom is 0.309 e. The van der Waals surface area contributed by atoms with Crippen LogP contribution in [-0.4, -0.2) is 11.1 Å². The second-order valence-corrected chi connectivity index (χ2v) is 5.75. The van der Waals surface area contributed by atoms with Crippen LogP contribution in [0, 0.1) is 5.41 Å². The van der Waals surface area contributed by atoms with E-state index in [1.165, 1.54) is 12.1 Å². The van der Waals surface area contributed by atoms with Gasteiger partial charge in [0.1, 0.15) is 0 Å². The number of hydrogen-bond donors (Lipinski definition) is 1. The van der Waals surface area contributed by atoms with Crippen molar-refractivity contribution in [2.75, 3.05) is 0 Å². The third-order valence-electron chi connectivity index (χ3n) is 4.27. The van der Waals surface area contributed by atoms with Crippen LogP contribution in [0.4, 0.5) is 8.78 Å². The molecule has 20 heavy (non-hydrogen) atoms. The number of aliphatic carboxylic acids is 1. The van der Waals surface area contributed by atoms with E-state index >= 15 is 0 Å². The van der Waals surface area contributed by atoms with E-state index in [1.54, 1.807) is 18.2 Å². The van der Waals surface area contributed by atoms with Crippen LogP contribution in [0.15, 0.2) is 30.3 Å². The summed E-state index contributed by atoms with van der Waals surface area (Å²) in [5.41, 5.74) is -1.37. The first kappa shape index (κ1) is 14.9. The highest BCUT2D eigenvalue weighted by atomic mass is 19.3. The van der Waals surface area contributed by atoms with E-state index < -0.39 is 23.7 Å². The van der Waals surface area contributed by atoms with Crippen LogP contribution in [0.3, 0.4) is 0 Å². The van der Waals surface area contributed by atoms with Crippen molar-refractivity contribution in [3.05, 3.63) is 35.9 Å². The second kappa shape index (κ2) is 5.90. The lowest BCUT2D eigenvalue weighted by atomic mass is 9.74. The van der Waals surface area contributed by atoms with Crippen LogP contribution >= 0.6 is 0 Å². The van der Waals surface area contributed by atoms with E-state index in [-0.39, 0.29) is 5.56 Å². The van der Waals surface area contributed by atoms with Gasteiger partial charge in [-0.1, -0.05) is 56.0 Å². The molecule has 2 rings (SSSR count). The van der Waals surface area contributed by atoms with Gasteiger partial charge >= 0.3 is 5.97 Å². The Morgan fingerprint density at radius 2 is 1.65 bits per heavy atom. The van der Waals surface area contributed by atoms with Gasteiger partial charge < -0.3 is 5.11 Å². The molecule has 2 nitrogen and oxygen atoms in total. The molecule has 110 valence electrons. The summed E-state index contributed by atoms with van der Waals surface area (Å²) in [5.74, 6) is -4.17. The molecule has 1 aliphatic carbocycles. The number of benzene rings is 1. The summed E-state index contributed by atoms with van der Waals surface area (Å²) in [6.45, 7) is 0. The van der Waals surface area contributed by atoms with Gasteiger partial charge in [0.15, 0.2) is 0 Å². The Kier molecular flexibility index (Phi) is 4.41. The molecule has 0 bridgehead atoms. The highest BCUT2D eigenvalue weighted by Gasteiger charge is 2.47. The predicted octanol–water partition coefficient (Wildman–Crippen LogP) is 4.59. The first-order valence-electron chi connectivity index (χ1n) is 7.13. The normalized spacial score (nSPS) is 19.3. The van der Waals surface area contributed by atoms with Gasteiger partial charge in [0.2, 0.25) is 0 Å². The van der Waals surface area contributed by atoms with Crippen LogP contribution < -0.4 is 0 Å². The van der Waals surface area contributed by atoms with Crippen molar-refractivity contribution in [3.8, 4) is 0 Å². The molecule has 0 unspecified atom stereocenters. The number of carboxylic acid groups (broad SMARTS) is 1. The van der Waals surface area contributed by atoms with E-state index in [0.29, 0.717) is 12.8 Å². The molecule has 4 heteroatoms. The van der Waals surface area contributed by atoms with Gasteiger partial charge in [0, 0.05) is 12.0 Å². The minimum atomic E-state index is -3.09. The van der Waals surface area contributed by atoms with Crippen molar-refractivity contribution in [2.24, 2.45) is 5.41 Å². The largest absolute Gasteiger partial charge is 0.481 e. The molecule has 0 saturated heterocycles. The smallest absolute Gasteiger partial charge is 0.309 e. The first-order valence-corrected chi connectivity index (χ1v) is 7.13. The molecular weight excluding hydrogens is 262 g/mol. The molecule has 1 saturated carbocycles. The number of carboxylic acids is 1. The molecule has 0 heterocycles. The topological polar surface area (TPSA) is 37.3 Å². The van der Waals surface area contributed by atoms with Crippen molar-refractivity contribution in [1.82, 2.24) is 0 Å². The van der Waals surface area contributed by atoms with E-state index in [0.717, 1.165) is 25.7 Å². The molecule has 1 fully saturated rings. The van der Waals surface area contributed by atoms with Crippen molar-refractivity contribution >= 4 is 5.97 Å². The van der Waals surface area contributed by atoms with Crippen molar-refractivity contribution in [1.29, 1.82) is 0 Å². The van der Waals surface area contributed by atoms with E-state index in [9.17, 15) is 18.7 Å². The minimum absolute atomic E-state index is 0.0927. The van der Waals surface area contributed by atoms with Gasteiger partial charge in [0.25, 0.3) is 5.92 Å². The molecule has 0 atom stereocenters. The molecule has 1 aromatic carbocycles. The van der Waals surface area contributed by atoms with Crippen molar-refractivity contribution < 1.29 is 18.7 Å². The van der Waals surface area contributed by atoms with Gasteiger partial charge in [-0.3, -0.25) is 4.79 Å². The summed E-state index contributed by atoms with van der Waals surface area (Å²) in [6.07, 6.45) is 3.42. The van der Waals surface area contributed by atoms with Gasteiger partial charge in [-0.25, -0.2) is 8.78 Å². The Bertz CT molecular complexity index is 449. The Balaban J connectivity index is 2.25. The summed E-state index contributed by atoms with van der Waals surface area (Å²) in [5, 5.41) is 9.49. The monoisotopic (exact) mass is 282 g/mol. The molecule has 0 spiro atoms. The van der Waals surface area contributed by atoms with E-state index in [1.807, 2.05) is 0 Å². The fourth-order valence-corrected chi connectivity index (χ4v) is 3.08.